The molecule has 0 radical (unpaired) electrons. The molecule has 4 N–H and O–H groups in total. The molecular weight excluding hydrogens is 885 g/mol. The highest BCUT2D eigenvalue weighted by Gasteiger charge is 2.48. The van der Waals surface area contributed by atoms with Gasteiger partial charge in [-0.2, -0.15) is 8.42 Å². The van der Waals surface area contributed by atoms with Crippen LogP contribution < -0.4 is 0 Å². The fourth-order valence-corrected chi connectivity index (χ4v) is 8.07. The van der Waals surface area contributed by atoms with Gasteiger partial charge in [-0.05, 0) is 83.5 Å². The van der Waals surface area contributed by atoms with E-state index in [1.54, 1.807) is 0 Å². The predicted molar refractivity (Wildman–Crippen MR) is 275 cm³/mol. The summed E-state index contributed by atoms with van der Waals surface area (Å²) in [4.78, 5) is 12.9. The van der Waals surface area contributed by atoms with Crippen molar-refractivity contribution < 1.29 is 56.2 Å². The molecule has 13 heteroatoms. The number of hydrogen-bond acceptors (Lipinski definition) is 11. The first-order valence-corrected chi connectivity index (χ1v) is 27.7. The highest BCUT2D eigenvalue weighted by Crippen LogP contribution is 2.26. The van der Waals surface area contributed by atoms with Gasteiger partial charge in [0.2, 0.25) is 0 Å². The summed E-state index contributed by atoms with van der Waals surface area (Å²) < 4.78 is 59.2. The lowest BCUT2D eigenvalue weighted by Crippen LogP contribution is -2.60. The second kappa shape index (κ2) is 45.4. The molecule has 1 saturated heterocycles. The van der Waals surface area contributed by atoms with E-state index in [1.165, 1.54) is 103 Å². The first-order valence-electron chi connectivity index (χ1n) is 26.3. The van der Waals surface area contributed by atoms with Gasteiger partial charge in [0.15, 0.2) is 6.29 Å². The van der Waals surface area contributed by atoms with E-state index in [0.29, 0.717) is 19.4 Å². The molecule has 1 aliphatic rings. The Hall–Kier alpha value is -2.72. The second-order valence-electron chi connectivity index (χ2n) is 17.7. The van der Waals surface area contributed by atoms with Crippen molar-refractivity contribution in [1.29, 1.82) is 0 Å². The van der Waals surface area contributed by atoms with Crippen LogP contribution >= 0.6 is 0 Å². The van der Waals surface area contributed by atoms with Crippen molar-refractivity contribution >= 4 is 16.4 Å². The van der Waals surface area contributed by atoms with E-state index in [0.717, 1.165) is 57.8 Å². The Bertz CT molecular complexity index is 1500. The summed E-state index contributed by atoms with van der Waals surface area (Å²) in [5, 5.41) is 30.8. The Kier molecular flexibility index (Phi) is 42.3. The fraction of sp³-hybridized carbons (Fsp3) is 0.727. The monoisotopic (exact) mass is 979 g/mol. The molecule has 0 spiro atoms. The van der Waals surface area contributed by atoms with Gasteiger partial charge in [-0.1, -0.05) is 189 Å². The van der Waals surface area contributed by atoms with Crippen LogP contribution in [0.1, 0.15) is 194 Å². The Morgan fingerprint density at radius 3 is 1.49 bits per heavy atom. The van der Waals surface area contributed by atoms with Crippen molar-refractivity contribution in [3.63, 3.8) is 0 Å². The average Bonchev–Trinajstić information content (AvgIpc) is 3.31. The standard InChI is InChI=1S/C55H94O12S/c1-3-5-7-9-11-13-15-17-19-21-22-23-24-25-26-27-29-31-33-35-37-39-41-43-45-63-47-49(48-64-55-53(59)54(67-68(60,61)62)52(58)50(46-56)66-55)65-51(57)44-42-40-38-36-34-32-30-28-20-18-16-14-12-10-8-6-4-2/h6,8,12,14-15,17-18,20-22,30,32,36,38,49-50,52-56,58-59H,3-5,7,9-11,13,16,19,23-29,31,33-35,37,39-48H2,1-2H3,(H,60,61,62)/b8-6-,14-12-,17-15-,20-18-,22-21-,32-30-,38-36-. The number of ether oxygens (including phenoxy) is 4. The number of aliphatic hydroxyl groups is 3. The molecular formula is C55H94O12S. The van der Waals surface area contributed by atoms with Gasteiger partial charge in [-0.3, -0.25) is 9.35 Å². The van der Waals surface area contributed by atoms with Gasteiger partial charge in [0.05, 0.1) is 19.8 Å². The van der Waals surface area contributed by atoms with Gasteiger partial charge in [-0.15, -0.1) is 0 Å². The zero-order valence-corrected chi connectivity index (χ0v) is 43.0. The molecule has 6 atom stereocenters. The number of carbonyl (C=O) groups is 1. The van der Waals surface area contributed by atoms with Crippen molar-refractivity contribution in [1.82, 2.24) is 0 Å². The first kappa shape index (κ1) is 63.3. The van der Waals surface area contributed by atoms with Gasteiger partial charge in [0, 0.05) is 13.0 Å². The minimum absolute atomic E-state index is 0.00792. The highest BCUT2D eigenvalue weighted by atomic mass is 32.3. The Morgan fingerprint density at radius 2 is 1.01 bits per heavy atom. The smallest absolute Gasteiger partial charge is 0.397 e. The third-order valence-corrected chi connectivity index (χ3v) is 12.0. The summed E-state index contributed by atoms with van der Waals surface area (Å²) in [5.41, 5.74) is 0. The summed E-state index contributed by atoms with van der Waals surface area (Å²) in [7, 11) is -5.08. The van der Waals surface area contributed by atoms with Crippen LogP contribution in [0.25, 0.3) is 0 Å². The van der Waals surface area contributed by atoms with Crippen LogP contribution in [-0.2, 0) is 38.3 Å². The molecule has 0 aromatic carbocycles. The van der Waals surface area contributed by atoms with Crippen molar-refractivity contribution in [3.8, 4) is 0 Å². The van der Waals surface area contributed by atoms with Crippen molar-refractivity contribution in [2.45, 2.75) is 230 Å². The van der Waals surface area contributed by atoms with E-state index in [9.17, 15) is 33.1 Å². The summed E-state index contributed by atoms with van der Waals surface area (Å²) in [6.07, 6.45) is 52.0. The molecule has 0 bridgehead atoms. The number of hydrogen-bond donors (Lipinski definition) is 4. The maximum atomic E-state index is 12.9. The van der Waals surface area contributed by atoms with Crippen LogP contribution in [0.15, 0.2) is 85.1 Å². The van der Waals surface area contributed by atoms with Crippen LogP contribution in [0.3, 0.4) is 0 Å². The largest absolute Gasteiger partial charge is 0.457 e. The fourth-order valence-electron chi connectivity index (χ4n) is 7.56. The molecule has 12 nitrogen and oxygen atoms in total. The third kappa shape index (κ3) is 38.1. The molecule has 0 saturated carbocycles. The minimum atomic E-state index is -5.08. The molecule has 0 aromatic rings. The molecule has 0 aromatic heterocycles. The molecule has 1 aliphatic heterocycles. The van der Waals surface area contributed by atoms with Crippen LogP contribution in [0, 0.1) is 0 Å². The van der Waals surface area contributed by atoms with Crippen molar-refractivity contribution in [3.05, 3.63) is 85.1 Å². The van der Waals surface area contributed by atoms with Crippen LogP contribution in [-0.4, -0.2) is 97.5 Å². The SMILES string of the molecule is CC/C=C\C/C=C\C/C=C\C/C=C\C/C=C\CCCC(=O)OC(COCCCCCCCCCCCCCC/C=C\C/C=C\CCCCCCC)COC1OC(CO)C(O)C(OS(=O)(=O)O)C1O. The number of esters is 1. The lowest BCUT2D eigenvalue weighted by atomic mass is 9.99. The van der Waals surface area contributed by atoms with E-state index in [4.69, 9.17) is 18.9 Å². The van der Waals surface area contributed by atoms with Gasteiger partial charge in [0.1, 0.15) is 30.5 Å². The minimum Gasteiger partial charge on any atom is -0.457 e. The van der Waals surface area contributed by atoms with Gasteiger partial charge in [-0.25, -0.2) is 4.18 Å². The number of rotatable bonds is 45. The topological polar surface area (TPSA) is 178 Å². The third-order valence-electron chi connectivity index (χ3n) is 11.5. The summed E-state index contributed by atoms with van der Waals surface area (Å²) >= 11 is 0. The van der Waals surface area contributed by atoms with E-state index in [-0.39, 0.29) is 19.6 Å². The molecule has 392 valence electrons. The molecule has 1 heterocycles. The van der Waals surface area contributed by atoms with Crippen molar-refractivity contribution in [2.24, 2.45) is 0 Å². The maximum absolute atomic E-state index is 12.9. The predicted octanol–water partition coefficient (Wildman–Crippen LogP) is 12.4. The van der Waals surface area contributed by atoms with Crippen LogP contribution in [0.5, 0.6) is 0 Å². The number of allylic oxidation sites excluding steroid dienone is 14. The van der Waals surface area contributed by atoms with Gasteiger partial charge < -0.3 is 34.3 Å². The zero-order valence-electron chi connectivity index (χ0n) is 42.1. The Balaban J connectivity index is 2.37. The van der Waals surface area contributed by atoms with E-state index in [2.05, 4.69) is 97.0 Å². The molecule has 68 heavy (non-hydrogen) atoms. The summed E-state index contributed by atoms with van der Waals surface area (Å²) in [6, 6.07) is 0. The van der Waals surface area contributed by atoms with Gasteiger partial charge >= 0.3 is 16.4 Å². The molecule has 0 aliphatic carbocycles. The Morgan fingerprint density at radius 1 is 0.574 bits per heavy atom. The first-order chi connectivity index (χ1) is 33.1. The molecule has 1 rings (SSSR count). The van der Waals surface area contributed by atoms with E-state index in [1.807, 2.05) is 6.08 Å². The lowest BCUT2D eigenvalue weighted by Gasteiger charge is -2.41. The summed E-state index contributed by atoms with van der Waals surface area (Å²) in [5.74, 6) is -0.457. The van der Waals surface area contributed by atoms with Crippen LogP contribution in [0.2, 0.25) is 0 Å². The lowest BCUT2D eigenvalue weighted by molar-refractivity contribution is -0.301. The number of unbranched alkanes of at least 4 members (excludes halogenated alkanes) is 18. The number of carbonyl (C=O) groups excluding carboxylic acids is 1. The average molecular weight is 979 g/mol. The Labute approximate surface area is 413 Å². The maximum Gasteiger partial charge on any atom is 0.397 e. The molecule has 0 amide bonds. The second-order valence-corrected chi connectivity index (χ2v) is 18.8. The van der Waals surface area contributed by atoms with Crippen LogP contribution in [0.4, 0.5) is 0 Å². The normalized spacial score (nSPS) is 20.0. The van der Waals surface area contributed by atoms with Gasteiger partial charge in [0.25, 0.3) is 0 Å². The van der Waals surface area contributed by atoms with E-state index >= 15 is 0 Å². The molecule has 1 fully saturated rings. The highest BCUT2D eigenvalue weighted by molar-refractivity contribution is 7.80. The number of aliphatic hydroxyl groups excluding tert-OH is 3. The van der Waals surface area contributed by atoms with Crippen molar-refractivity contribution in [2.75, 3.05) is 26.4 Å². The summed E-state index contributed by atoms with van der Waals surface area (Å²) in [6.45, 7) is 3.79. The zero-order chi connectivity index (χ0) is 49.6. The quantitative estimate of drug-likeness (QED) is 0.0197. The molecule has 6 unspecified atom stereocenters. The van der Waals surface area contributed by atoms with E-state index < -0.39 is 59.8 Å².